The van der Waals surface area contributed by atoms with Crippen LogP contribution in [-0.2, 0) is 14.3 Å². The van der Waals surface area contributed by atoms with Gasteiger partial charge in [-0.1, -0.05) is 44.0 Å². The van der Waals surface area contributed by atoms with Crippen molar-refractivity contribution in [2.24, 2.45) is 0 Å². The van der Waals surface area contributed by atoms with E-state index in [-0.39, 0.29) is 36.9 Å². The number of benzene rings is 2. The number of hydrogen-bond donors (Lipinski definition) is 0. The summed E-state index contributed by atoms with van der Waals surface area (Å²) in [6.45, 7) is 8.53. The van der Waals surface area contributed by atoms with E-state index in [9.17, 15) is 14.4 Å². The lowest BCUT2D eigenvalue weighted by Crippen LogP contribution is -2.38. The molecule has 0 aliphatic carbocycles. The molecule has 35 heavy (non-hydrogen) atoms. The van der Waals surface area contributed by atoms with Crippen molar-refractivity contribution in [2.45, 2.75) is 65.8 Å². The molecular weight excluding hydrogens is 442 g/mol. The Labute approximate surface area is 206 Å². The van der Waals surface area contributed by atoms with Crippen LogP contribution in [0.5, 0.6) is 0 Å². The second-order valence-electron chi connectivity index (χ2n) is 8.74. The largest absolute Gasteiger partial charge is 0.466 e. The Hall–Kier alpha value is -3.48. The lowest BCUT2D eigenvalue weighted by atomic mass is 10.1. The van der Waals surface area contributed by atoms with Crippen LogP contribution in [0.4, 0.5) is 0 Å². The number of fused-ring (bicyclic) bond motifs is 1. The van der Waals surface area contributed by atoms with Crippen molar-refractivity contribution < 1.29 is 14.3 Å². The first-order valence-electron chi connectivity index (χ1n) is 12.4. The molecule has 3 rings (SSSR count). The van der Waals surface area contributed by atoms with E-state index in [2.05, 4.69) is 6.92 Å². The number of amides is 1. The maximum atomic E-state index is 13.7. The summed E-state index contributed by atoms with van der Waals surface area (Å²) in [6.07, 6.45) is 2.90. The Kier molecular flexibility index (Phi) is 9.18. The van der Waals surface area contributed by atoms with Crippen LogP contribution >= 0.6 is 0 Å². The summed E-state index contributed by atoms with van der Waals surface area (Å²) in [4.78, 5) is 45.5. The van der Waals surface area contributed by atoms with Gasteiger partial charge in [-0.2, -0.15) is 0 Å². The van der Waals surface area contributed by atoms with Crippen LogP contribution in [0.15, 0.2) is 53.3 Å². The summed E-state index contributed by atoms with van der Waals surface area (Å²) >= 11 is 0. The van der Waals surface area contributed by atoms with Crippen molar-refractivity contribution in [1.29, 1.82) is 0 Å². The van der Waals surface area contributed by atoms with Gasteiger partial charge in [0.1, 0.15) is 5.82 Å². The third-order valence-corrected chi connectivity index (χ3v) is 6.07. The molecule has 0 fully saturated rings. The van der Waals surface area contributed by atoms with Crippen LogP contribution in [0.2, 0.25) is 0 Å². The molecule has 0 aliphatic heterocycles. The Morgan fingerprint density at radius 3 is 2.54 bits per heavy atom. The molecule has 1 unspecified atom stereocenters. The minimum absolute atomic E-state index is 0.0273. The fourth-order valence-corrected chi connectivity index (χ4v) is 4.24. The number of hydrogen-bond acceptors (Lipinski definition) is 5. The average Bonchev–Trinajstić information content (AvgIpc) is 2.85. The fraction of sp³-hybridized carbons (Fsp3) is 0.429. The van der Waals surface area contributed by atoms with Gasteiger partial charge in [0, 0.05) is 13.0 Å². The lowest BCUT2D eigenvalue weighted by Gasteiger charge is -2.31. The standard InChI is InChI=1S/C28H35N3O4/c1-5-7-10-18-30(25(32)16-17-26(33)35-6-2)21(4)27-29-24-15-9-8-14-23(24)28(34)31(27)22-13-11-12-20(3)19-22/h8-9,11-15,19,21H,5-7,10,16-18H2,1-4H3. The van der Waals surface area contributed by atoms with Crippen molar-refractivity contribution in [3.05, 3.63) is 70.3 Å². The molecule has 0 aliphatic rings. The van der Waals surface area contributed by atoms with E-state index in [4.69, 9.17) is 9.72 Å². The first-order valence-corrected chi connectivity index (χ1v) is 12.4. The molecule has 7 nitrogen and oxygen atoms in total. The number of aromatic nitrogens is 2. The number of nitrogens with zero attached hydrogens (tertiary/aromatic N) is 3. The van der Waals surface area contributed by atoms with E-state index in [1.807, 2.05) is 56.3 Å². The predicted octanol–water partition coefficient (Wildman–Crippen LogP) is 5.12. The second kappa shape index (κ2) is 12.3. The van der Waals surface area contributed by atoms with Gasteiger partial charge in [0.2, 0.25) is 5.91 Å². The number of para-hydroxylation sites is 1. The molecule has 1 aromatic heterocycles. The molecule has 0 saturated carbocycles. The van der Waals surface area contributed by atoms with E-state index >= 15 is 0 Å². The van der Waals surface area contributed by atoms with Crippen molar-refractivity contribution >= 4 is 22.8 Å². The number of ether oxygens (including phenoxy) is 1. The normalized spacial score (nSPS) is 11.9. The Balaban J connectivity index is 2.08. The molecular formula is C28H35N3O4. The SMILES string of the molecule is CCCCCN(C(=O)CCC(=O)OCC)C(C)c1nc2ccccc2c(=O)n1-c1cccc(C)c1. The van der Waals surface area contributed by atoms with E-state index in [1.54, 1.807) is 22.5 Å². The molecule has 0 radical (unpaired) electrons. The van der Waals surface area contributed by atoms with E-state index in [1.165, 1.54) is 0 Å². The molecule has 7 heteroatoms. The Bertz CT molecular complexity index is 1230. The second-order valence-corrected chi connectivity index (χ2v) is 8.74. The molecule has 1 heterocycles. The smallest absolute Gasteiger partial charge is 0.306 e. The van der Waals surface area contributed by atoms with E-state index < -0.39 is 6.04 Å². The van der Waals surface area contributed by atoms with Crippen molar-refractivity contribution in [2.75, 3.05) is 13.2 Å². The van der Waals surface area contributed by atoms with Gasteiger partial charge in [-0.3, -0.25) is 19.0 Å². The van der Waals surface area contributed by atoms with Gasteiger partial charge in [0.05, 0.1) is 35.7 Å². The summed E-state index contributed by atoms with van der Waals surface area (Å²) in [7, 11) is 0. The predicted molar refractivity (Wildman–Crippen MR) is 138 cm³/mol. The third-order valence-electron chi connectivity index (χ3n) is 6.07. The van der Waals surface area contributed by atoms with Crippen LogP contribution in [-0.4, -0.2) is 39.5 Å². The number of carbonyl (C=O) groups excluding carboxylic acids is 2. The fourth-order valence-electron chi connectivity index (χ4n) is 4.24. The topological polar surface area (TPSA) is 81.5 Å². The van der Waals surface area contributed by atoms with Crippen LogP contribution in [0, 0.1) is 6.92 Å². The van der Waals surface area contributed by atoms with Crippen molar-refractivity contribution in [3.8, 4) is 5.69 Å². The summed E-state index contributed by atoms with van der Waals surface area (Å²) in [5, 5.41) is 0.524. The molecule has 3 aromatic rings. The first kappa shape index (κ1) is 26.1. The molecule has 0 saturated heterocycles. The van der Waals surface area contributed by atoms with Crippen molar-refractivity contribution in [1.82, 2.24) is 14.5 Å². The van der Waals surface area contributed by atoms with E-state index in [0.717, 1.165) is 24.8 Å². The lowest BCUT2D eigenvalue weighted by molar-refractivity contribution is -0.146. The maximum absolute atomic E-state index is 13.7. The molecule has 0 bridgehead atoms. The highest BCUT2D eigenvalue weighted by Gasteiger charge is 2.27. The highest BCUT2D eigenvalue weighted by Crippen LogP contribution is 2.25. The molecule has 0 N–H and O–H groups in total. The van der Waals surface area contributed by atoms with Gasteiger partial charge < -0.3 is 9.64 Å². The minimum atomic E-state index is -0.473. The summed E-state index contributed by atoms with van der Waals surface area (Å²) in [6, 6.07) is 14.5. The number of esters is 1. The van der Waals surface area contributed by atoms with Crippen molar-refractivity contribution in [3.63, 3.8) is 0 Å². The van der Waals surface area contributed by atoms with Gasteiger partial charge in [-0.25, -0.2) is 4.98 Å². The molecule has 2 aromatic carbocycles. The quantitative estimate of drug-likeness (QED) is 0.283. The molecule has 1 atom stereocenters. The van der Waals surface area contributed by atoms with Crippen LogP contribution in [0.3, 0.4) is 0 Å². The number of aryl methyl sites for hydroxylation is 1. The maximum Gasteiger partial charge on any atom is 0.306 e. The minimum Gasteiger partial charge on any atom is -0.466 e. The molecule has 186 valence electrons. The summed E-state index contributed by atoms with van der Waals surface area (Å²) in [5.41, 5.74) is 2.15. The van der Waals surface area contributed by atoms with Gasteiger partial charge in [-0.15, -0.1) is 0 Å². The Morgan fingerprint density at radius 2 is 1.83 bits per heavy atom. The zero-order chi connectivity index (χ0) is 25.4. The highest BCUT2D eigenvalue weighted by atomic mass is 16.5. The van der Waals surface area contributed by atoms with Gasteiger partial charge in [0.25, 0.3) is 5.56 Å². The average molecular weight is 478 g/mol. The van der Waals surface area contributed by atoms with Gasteiger partial charge >= 0.3 is 5.97 Å². The van der Waals surface area contributed by atoms with Gasteiger partial charge in [0.15, 0.2) is 0 Å². The van der Waals surface area contributed by atoms with Crippen LogP contribution < -0.4 is 5.56 Å². The Morgan fingerprint density at radius 1 is 1.06 bits per heavy atom. The monoisotopic (exact) mass is 477 g/mol. The zero-order valence-corrected chi connectivity index (χ0v) is 21.1. The molecule has 0 spiro atoms. The van der Waals surface area contributed by atoms with Crippen LogP contribution in [0.1, 0.15) is 70.3 Å². The number of unbranched alkanes of at least 4 members (excludes halogenated alkanes) is 2. The summed E-state index contributed by atoms with van der Waals surface area (Å²) < 4.78 is 6.62. The summed E-state index contributed by atoms with van der Waals surface area (Å²) in [5.74, 6) is -0.0392. The first-order chi connectivity index (χ1) is 16.9. The van der Waals surface area contributed by atoms with Gasteiger partial charge in [-0.05, 0) is 57.0 Å². The number of rotatable bonds is 11. The third kappa shape index (κ3) is 6.35. The highest BCUT2D eigenvalue weighted by molar-refractivity contribution is 5.82. The van der Waals surface area contributed by atoms with Crippen LogP contribution in [0.25, 0.3) is 16.6 Å². The number of carbonyl (C=O) groups is 2. The van der Waals surface area contributed by atoms with E-state index in [0.29, 0.717) is 29.0 Å². The zero-order valence-electron chi connectivity index (χ0n) is 21.1. The molecule has 1 amide bonds.